The fraction of sp³-hybridized carbons (Fsp3) is 0.292. The minimum absolute atomic E-state index is 0.0244. The lowest BCUT2D eigenvalue weighted by molar-refractivity contribution is -0.125. The molecule has 1 atom stereocenters. The highest BCUT2D eigenvalue weighted by Crippen LogP contribution is 2.23. The number of benzene rings is 1. The molecular weight excluding hydrogens is 407 g/mol. The van der Waals surface area contributed by atoms with E-state index in [1.54, 1.807) is 24.3 Å². The Bertz CT molecular complexity index is 1210. The summed E-state index contributed by atoms with van der Waals surface area (Å²) in [6.07, 6.45) is 5.83. The van der Waals surface area contributed by atoms with Crippen LogP contribution in [0, 0.1) is 17.7 Å². The Labute approximate surface area is 186 Å². The SMILES string of the molecule is CN(C)CC=CC(=O)N1CCC(Nc2ncnc3[nH]c(C#Cc4ccccc4F)cc23)C1. The molecule has 32 heavy (non-hydrogen) atoms. The summed E-state index contributed by atoms with van der Waals surface area (Å²) in [6, 6.07) is 8.36. The molecule has 0 aliphatic carbocycles. The molecule has 0 saturated carbocycles. The lowest BCUT2D eigenvalue weighted by Crippen LogP contribution is -2.30. The fourth-order valence-corrected chi connectivity index (χ4v) is 3.56. The van der Waals surface area contributed by atoms with Crippen LogP contribution in [0.25, 0.3) is 11.0 Å². The van der Waals surface area contributed by atoms with Crippen molar-refractivity contribution in [1.29, 1.82) is 0 Å². The Kier molecular flexibility index (Phi) is 6.47. The van der Waals surface area contributed by atoms with Gasteiger partial charge in [0.15, 0.2) is 0 Å². The third-order valence-electron chi connectivity index (χ3n) is 5.20. The number of likely N-dealkylation sites (N-methyl/N-ethyl adjacent to an activating group) is 1. The summed E-state index contributed by atoms with van der Waals surface area (Å²) >= 11 is 0. The molecule has 4 rings (SSSR count). The van der Waals surface area contributed by atoms with Crippen molar-refractivity contribution >= 4 is 22.8 Å². The number of nitrogens with one attached hydrogen (secondary N) is 2. The first-order chi connectivity index (χ1) is 15.5. The van der Waals surface area contributed by atoms with E-state index in [2.05, 4.69) is 32.1 Å². The summed E-state index contributed by atoms with van der Waals surface area (Å²) in [5, 5.41) is 4.24. The molecule has 3 aromatic rings. The number of H-pyrrole nitrogens is 1. The summed E-state index contributed by atoms with van der Waals surface area (Å²) in [5.41, 5.74) is 1.62. The minimum atomic E-state index is -0.352. The van der Waals surface area contributed by atoms with E-state index < -0.39 is 0 Å². The number of hydrogen-bond acceptors (Lipinski definition) is 5. The van der Waals surface area contributed by atoms with Crippen molar-refractivity contribution in [3.63, 3.8) is 0 Å². The molecular formula is C24H25FN6O. The zero-order chi connectivity index (χ0) is 22.5. The monoisotopic (exact) mass is 432 g/mol. The molecule has 0 bridgehead atoms. The van der Waals surface area contributed by atoms with Crippen LogP contribution in [-0.2, 0) is 4.79 Å². The van der Waals surface area contributed by atoms with Crippen molar-refractivity contribution in [1.82, 2.24) is 24.8 Å². The number of nitrogens with zero attached hydrogens (tertiary/aromatic N) is 4. The van der Waals surface area contributed by atoms with Crippen LogP contribution in [0.2, 0.25) is 0 Å². The molecule has 1 fully saturated rings. The smallest absolute Gasteiger partial charge is 0.246 e. The summed E-state index contributed by atoms with van der Waals surface area (Å²) in [6.45, 7) is 2.04. The highest BCUT2D eigenvalue weighted by atomic mass is 19.1. The van der Waals surface area contributed by atoms with Crippen LogP contribution in [0.5, 0.6) is 0 Å². The molecule has 1 aliphatic rings. The van der Waals surface area contributed by atoms with Gasteiger partial charge in [-0.2, -0.15) is 0 Å². The molecule has 8 heteroatoms. The van der Waals surface area contributed by atoms with Crippen molar-refractivity contribution in [2.45, 2.75) is 12.5 Å². The van der Waals surface area contributed by atoms with Gasteiger partial charge in [-0.3, -0.25) is 4.79 Å². The second-order valence-electron chi connectivity index (χ2n) is 7.98. The fourth-order valence-electron chi connectivity index (χ4n) is 3.56. The summed E-state index contributed by atoms with van der Waals surface area (Å²) < 4.78 is 13.8. The van der Waals surface area contributed by atoms with Crippen molar-refractivity contribution in [2.24, 2.45) is 0 Å². The Morgan fingerprint density at radius 1 is 1.34 bits per heavy atom. The van der Waals surface area contributed by atoms with Gasteiger partial charge in [-0.05, 0) is 44.6 Å². The Hall–Kier alpha value is -3.70. The number of carbonyl (C=O) groups excluding carboxylic acids is 1. The van der Waals surface area contributed by atoms with Gasteiger partial charge in [0.1, 0.15) is 23.6 Å². The third-order valence-corrected chi connectivity index (χ3v) is 5.20. The van der Waals surface area contributed by atoms with Gasteiger partial charge in [-0.25, -0.2) is 14.4 Å². The predicted octanol–water partition coefficient (Wildman–Crippen LogP) is 2.63. The lowest BCUT2D eigenvalue weighted by atomic mass is 10.2. The quantitative estimate of drug-likeness (QED) is 0.479. The number of halogens is 1. The van der Waals surface area contributed by atoms with Crippen LogP contribution in [-0.4, -0.2) is 70.4 Å². The average Bonchev–Trinajstić information content (AvgIpc) is 3.40. The standard InChI is InChI=1S/C24H25FN6O/c1-30(2)12-5-8-22(32)31-13-11-19(15-31)29-24-20-14-18(28-23(20)26-16-27-24)10-9-17-6-3-4-7-21(17)25/h3-8,14,16,19H,11-13,15H2,1-2H3,(H2,26,27,28,29). The van der Waals surface area contributed by atoms with Crippen LogP contribution in [0.15, 0.2) is 48.8 Å². The predicted molar refractivity (Wildman–Crippen MR) is 123 cm³/mol. The maximum Gasteiger partial charge on any atom is 0.246 e. The van der Waals surface area contributed by atoms with Gasteiger partial charge >= 0.3 is 0 Å². The topological polar surface area (TPSA) is 77.2 Å². The maximum atomic E-state index is 13.8. The molecule has 0 radical (unpaired) electrons. The molecule has 1 aromatic carbocycles. The van der Waals surface area contributed by atoms with Crippen molar-refractivity contribution in [2.75, 3.05) is 39.0 Å². The molecule has 164 valence electrons. The van der Waals surface area contributed by atoms with E-state index in [1.165, 1.54) is 12.4 Å². The first-order valence-corrected chi connectivity index (χ1v) is 10.5. The number of amides is 1. The number of rotatable bonds is 5. The van der Waals surface area contributed by atoms with Gasteiger partial charge in [0.2, 0.25) is 5.91 Å². The molecule has 1 saturated heterocycles. The van der Waals surface area contributed by atoms with Crippen molar-refractivity contribution in [3.05, 3.63) is 65.9 Å². The van der Waals surface area contributed by atoms with E-state index in [-0.39, 0.29) is 17.8 Å². The van der Waals surface area contributed by atoms with E-state index in [9.17, 15) is 9.18 Å². The Morgan fingerprint density at radius 2 is 2.19 bits per heavy atom. The molecule has 1 aliphatic heterocycles. The van der Waals surface area contributed by atoms with Gasteiger partial charge in [0.05, 0.1) is 16.6 Å². The molecule has 1 amide bonds. The van der Waals surface area contributed by atoms with Gasteiger partial charge in [0.25, 0.3) is 0 Å². The number of fused-ring (bicyclic) bond motifs is 1. The molecule has 0 spiro atoms. The van der Waals surface area contributed by atoms with Gasteiger partial charge in [-0.1, -0.05) is 24.1 Å². The second-order valence-corrected chi connectivity index (χ2v) is 7.98. The number of aromatic amines is 1. The molecule has 2 N–H and O–H groups in total. The number of anilines is 1. The van der Waals surface area contributed by atoms with E-state index in [0.29, 0.717) is 35.8 Å². The number of aromatic nitrogens is 3. The van der Waals surface area contributed by atoms with Gasteiger partial charge < -0.3 is 20.1 Å². The van der Waals surface area contributed by atoms with E-state index in [1.807, 2.05) is 36.0 Å². The number of hydrogen-bond donors (Lipinski definition) is 2. The highest BCUT2D eigenvalue weighted by Gasteiger charge is 2.25. The van der Waals surface area contributed by atoms with Crippen LogP contribution in [0.3, 0.4) is 0 Å². The summed E-state index contributed by atoms with van der Waals surface area (Å²) in [5.74, 6) is 6.16. The normalized spacial score (nSPS) is 16.0. The van der Waals surface area contributed by atoms with E-state index >= 15 is 0 Å². The van der Waals surface area contributed by atoms with Crippen LogP contribution >= 0.6 is 0 Å². The summed E-state index contributed by atoms with van der Waals surface area (Å²) in [4.78, 5) is 28.0. The Balaban J connectivity index is 1.45. The maximum absolute atomic E-state index is 13.8. The lowest BCUT2D eigenvalue weighted by Gasteiger charge is -2.16. The van der Waals surface area contributed by atoms with Crippen LogP contribution in [0.1, 0.15) is 17.7 Å². The number of likely N-dealkylation sites (tertiary alicyclic amines) is 1. The summed E-state index contributed by atoms with van der Waals surface area (Å²) in [7, 11) is 3.93. The average molecular weight is 433 g/mol. The first kappa shape index (κ1) is 21.5. The molecule has 1 unspecified atom stereocenters. The Morgan fingerprint density at radius 3 is 3.00 bits per heavy atom. The van der Waals surface area contributed by atoms with Gasteiger partial charge in [-0.15, -0.1) is 0 Å². The first-order valence-electron chi connectivity index (χ1n) is 10.5. The molecule has 3 heterocycles. The van der Waals surface area contributed by atoms with Crippen LogP contribution in [0.4, 0.5) is 10.2 Å². The second kappa shape index (κ2) is 9.62. The molecule has 2 aromatic heterocycles. The van der Waals surface area contributed by atoms with E-state index in [0.717, 1.165) is 18.4 Å². The van der Waals surface area contributed by atoms with Crippen molar-refractivity contribution < 1.29 is 9.18 Å². The largest absolute Gasteiger partial charge is 0.365 e. The number of carbonyl (C=O) groups is 1. The van der Waals surface area contributed by atoms with Gasteiger partial charge in [0, 0.05) is 31.8 Å². The minimum Gasteiger partial charge on any atom is -0.365 e. The highest BCUT2D eigenvalue weighted by molar-refractivity contribution is 5.89. The van der Waals surface area contributed by atoms with Crippen LogP contribution < -0.4 is 5.32 Å². The molecule has 7 nitrogen and oxygen atoms in total. The zero-order valence-corrected chi connectivity index (χ0v) is 18.1. The van der Waals surface area contributed by atoms with E-state index in [4.69, 9.17) is 0 Å². The zero-order valence-electron chi connectivity index (χ0n) is 18.1. The van der Waals surface area contributed by atoms with Crippen molar-refractivity contribution in [3.8, 4) is 11.8 Å². The third kappa shape index (κ3) is 5.13.